The zero-order chi connectivity index (χ0) is 14.0. The van der Waals surface area contributed by atoms with Crippen molar-refractivity contribution >= 4 is 11.8 Å². The van der Waals surface area contributed by atoms with E-state index in [1.54, 1.807) is 13.8 Å². The van der Waals surface area contributed by atoms with Crippen molar-refractivity contribution in [1.29, 1.82) is 0 Å². The normalized spacial score (nSPS) is 20.4. The minimum atomic E-state index is -2.64. The van der Waals surface area contributed by atoms with Crippen molar-refractivity contribution in [3.05, 3.63) is 0 Å². The lowest BCUT2D eigenvalue weighted by molar-refractivity contribution is -0.131. The number of hydrogen-bond acceptors (Lipinski definition) is 2. The molecule has 104 valence electrons. The molecular weight excluding hydrogens is 242 g/mol. The summed E-state index contributed by atoms with van der Waals surface area (Å²) < 4.78 is 25.9. The first-order chi connectivity index (χ1) is 8.11. The molecule has 0 radical (unpaired) electrons. The van der Waals surface area contributed by atoms with Crippen molar-refractivity contribution < 1.29 is 18.4 Å². The van der Waals surface area contributed by atoms with Gasteiger partial charge in [-0.2, -0.15) is 0 Å². The van der Waals surface area contributed by atoms with Gasteiger partial charge in [-0.05, 0) is 26.7 Å². The van der Waals surface area contributed by atoms with Crippen LogP contribution in [0.5, 0.6) is 0 Å². The van der Waals surface area contributed by atoms with Gasteiger partial charge in [0.1, 0.15) is 0 Å². The van der Waals surface area contributed by atoms with Gasteiger partial charge in [-0.3, -0.25) is 9.59 Å². The molecule has 0 spiro atoms. The highest BCUT2D eigenvalue weighted by molar-refractivity contribution is 5.81. The monoisotopic (exact) mass is 262 g/mol. The fraction of sp³-hybridized carbons (Fsp3) is 0.833. The maximum absolute atomic E-state index is 13.0. The van der Waals surface area contributed by atoms with Gasteiger partial charge >= 0.3 is 0 Å². The lowest BCUT2D eigenvalue weighted by atomic mass is 9.85. The Morgan fingerprint density at radius 2 is 1.83 bits per heavy atom. The first-order valence-corrected chi connectivity index (χ1v) is 6.09. The molecule has 2 amide bonds. The Kier molecular flexibility index (Phi) is 4.29. The summed E-state index contributed by atoms with van der Waals surface area (Å²) in [5, 5.41) is 2.70. The van der Waals surface area contributed by atoms with Gasteiger partial charge < -0.3 is 11.1 Å². The number of carbonyl (C=O) groups is 2. The SMILES string of the molecule is CC(C)(CC(N)=O)NC(=O)C1CCC(F)(F)CC1. The van der Waals surface area contributed by atoms with Crippen LogP contribution in [-0.4, -0.2) is 23.3 Å². The average molecular weight is 262 g/mol. The molecule has 18 heavy (non-hydrogen) atoms. The predicted molar refractivity (Wildman–Crippen MR) is 62.9 cm³/mol. The molecule has 0 atom stereocenters. The van der Waals surface area contributed by atoms with E-state index in [4.69, 9.17) is 5.73 Å². The van der Waals surface area contributed by atoms with Gasteiger partial charge in [-0.1, -0.05) is 0 Å². The standard InChI is InChI=1S/C12H20F2N2O2/c1-11(2,7-9(15)17)16-10(18)8-3-5-12(13,14)6-4-8/h8H,3-7H2,1-2H3,(H2,15,17)(H,16,18). The highest BCUT2D eigenvalue weighted by atomic mass is 19.3. The van der Waals surface area contributed by atoms with E-state index in [1.807, 2.05) is 0 Å². The molecule has 0 saturated heterocycles. The Morgan fingerprint density at radius 1 is 1.33 bits per heavy atom. The molecule has 0 aromatic carbocycles. The zero-order valence-electron chi connectivity index (χ0n) is 10.8. The number of hydrogen-bond donors (Lipinski definition) is 2. The summed E-state index contributed by atoms with van der Waals surface area (Å²) in [7, 11) is 0. The molecular formula is C12H20F2N2O2. The van der Waals surface area contributed by atoms with E-state index in [9.17, 15) is 18.4 Å². The Bertz CT molecular complexity index is 333. The van der Waals surface area contributed by atoms with Gasteiger partial charge in [0.2, 0.25) is 17.7 Å². The number of primary amides is 1. The number of alkyl halides is 2. The number of carbonyl (C=O) groups excluding carboxylic acids is 2. The van der Waals surface area contributed by atoms with Gasteiger partial charge in [0.05, 0.1) is 0 Å². The molecule has 0 aromatic rings. The molecule has 3 N–H and O–H groups in total. The zero-order valence-corrected chi connectivity index (χ0v) is 10.8. The topological polar surface area (TPSA) is 72.2 Å². The van der Waals surface area contributed by atoms with E-state index >= 15 is 0 Å². The van der Waals surface area contributed by atoms with Gasteiger partial charge in [0, 0.05) is 30.7 Å². The third-order valence-electron chi connectivity index (χ3n) is 3.17. The molecule has 1 aliphatic rings. The maximum atomic E-state index is 13.0. The van der Waals surface area contributed by atoms with Crippen LogP contribution in [0.2, 0.25) is 0 Å². The maximum Gasteiger partial charge on any atom is 0.248 e. The lowest BCUT2D eigenvalue weighted by Crippen LogP contribution is -2.49. The number of nitrogens with one attached hydrogen (secondary N) is 1. The number of halogens is 2. The molecule has 0 aromatic heterocycles. The van der Waals surface area contributed by atoms with E-state index in [1.165, 1.54) is 0 Å². The first-order valence-electron chi connectivity index (χ1n) is 6.09. The van der Waals surface area contributed by atoms with E-state index in [2.05, 4.69) is 5.32 Å². The average Bonchev–Trinajstić information content (AvgIpc) is 2.13. The van der Waals surface area contributed by atoms with Crippen molar-refractivity contribution in [3.63, 3.8) is 0 Å². The van der Waals surface area contributed by atoms with Crippen LogP contribution in [0.4, 0.5) is 8.78 Å². The van der Waals surface area contributed by atoms with Crippen LogP contribution >= 0.6 is 0 Å². The summed E-state index contributed by atoms with van der Waals surface area (Å²) in [6.07, 6.45) is -0.0960. The highest BCUT2D eigenvalue weighted by Gasteiger charge is 2.38. The quantitative estimate of drug-likeness (QED) is 0.807. The second-order valence-corrected chi connectivity index (χ2v) is 5.65. The number of amides is 2. The Hall–Kier alpha value is -1.20. The summed E-state index contributed by atoms with van der Waals surface area (Å²) in [6, 6.07) is 0. The van der Waals surface area contributed by atoms with Crippen LogP contribution in [0.1, 0.15) is 46.0 Å². The predicted octanol–water partition coefficient (Wildman–Crippen LogP) is 1.58. The third kappa shape index (κ3) is 4.58. The first kappa shape index (κ1) is 14.9. The largest absolute Gasteiger partial charge is 0.370 e. The summed E-state index contributed by atoms with van der Waals surface area (Å²) in [5.74, 6) is -3.80. The van der Waals surface area contributed by atoms with Crippen LogP contribution in [0.3, 0.4) is 0 Å². The van der Waals surface area contributed by atoms with E-state index in [0.29, 0.717) is 0 Å². The molecule has 1 fully saturated rings. The van der Waals surface area contributed by atoms with E-state index in [-0.39, 0.29) is 38.0 Å². The minimum absolute atomic E-state index is 0.0294. The molecule has 1 saturated carbocycles. The van der Waals surface area contributed by atoms with Crippen LogP contribution < -0.4 is 11.1 Å². The van der Waals surface area contributed by atoms with Crippen LogP contribution in [0, 0.1) is 5.92 Å². The molecule has 0 heterocycles. The Labute approximate surface area is 105 Å². The molecule has 0 unspecified atom stereocenters. The van der Waals surface area contributed by atoms with Crippen LogP contribution in [0.25, 0.3) is 0 Å². The van der Waals surface area contributed by atoms with Crippen molar-refractivity contribution in [2.75, 3.05) is 0 Å². The van der Waals surface area contributed by atoms with E-state index in [0.717, 1.165) is 0 Å². The smallest absolute Gasteiger partial charge is 0.248 e. The molecule has 1 rings (SSSR count). The Morgan fingerprint density at radius 3 is 2.28 bits per heavy atom. The van der Waals surface area contributed by atoms with Crippen LogP contribution in [-0.2, 0) is 9.59 Å². The van der Waals surface area contributed by atoms with Crippen molar-refractivity contribution in [2.45, 2.75) is 57.4 Å². The van der Waals surface area contributed by atoms with Gasteiger partial charge in [-0.25, -0.2) is 8.78 Å². The number of rotatable bonds is 4. The molecule has 4 nitrogen and oxygen atoms in total. The second kappa shape index (κ2) is 5.20. The summed E-state index contributed by atoms with van der Waals surface area (Å²) in [6.45, 7) is 3.38. The van der Waals surface area contributed by atoms with E-state index < -0.39 is 23.3 Å². The van der Waals surface area contributed by atoms with Crippen molar-refractivity contribution in [2.24, 2.45) is 11.7 Å². The van der Waals surface area contributed by atoms with Gasteiger partial charge in [0.15, 0.2) is 0 Å². The van der Waals surface area contributed by atoms with Crippen LogP contribution in [0.15, 0.2) is 0 Å². The fourth-order valence-electron chi connectivity index (χ4n) is 2.22. The lowest BCUT2D eigenvalue weighted by Gasteiger charge is -2.31. The summed E-state index contributed by atoms with van der Waals surface area (Å²) >= 11 is 0. The third-order valence-corrected chi connectivity index (χ3v) is 3.17. The second-order valence-electron chi connectivity index (χ2n) is 5.65. The van der Waals surface area contributed by atoms with Gasteiger partial charge in [0.25, 0.3) is 0 Å². The molecule has 1 aliphatic carbocycles. The fourth-order valence-corrected chi connectivity index (χ4v) is 2.22. The van der Waals surface area contributed by atoms with Crippen molar-refractivity contribution in [1.82, 2.24) is 5.32 Å². The minimum Gasteiger partial charge on any atom is -0.370 e. The molecule has 0 aliphatic heterocycles. The molecule has 6 heteroatoms. The molecule has 0 bridgehead atoms. The summed E-state index contributed by atoms with van der Waals surface area (Å²) in [5.41, 5.74) is 4.35. The van der Waals surface area contributed by atoms with Crippen molar-refractivity contribution in [3.8, 4) is 0 Å². The Balaban J connectivity index is 2.49. The highest BCUT2D eigenvalue weighted by Crippen LogP contribution is 2.36. The van der Waals surface area contributed by atoms with Gasteiger partial charge in [-0.15, -0.1) is 0 Å². The number of nitrogens with two attached hydrogens (primary N) is 1. The summed E-state index contributed by atoms with van der Waals surface area (Å²) in [4.78, 5) is 22.7.